The van der Waals surface area contributed by atoms with Gasteiger partial charge in [0.2, 0.25) is 11.8 Å². The van der Waals surface area contributed by atoms with Gasteiger partial charge in [-0.15, -0.1) is 0 Å². The van der Waals surface area contributed by atoms with E-state index in [4.69, 9.17) is 16.0 Å². The molecule has 0 unspecified atom stereocenters. The molecular weight excluding hydrogens is 449 g/mol. The van der Waals surface area contributed by atoms with E-state index in [1.54, 1.807) is 18.4 Å². The molecule has 32 heavy (non-hydrogen) atoms. The van der Waals surface area contributed by atoms with Gasteiger partial charge in [0.1, 0.15) is 5.76 Å². The zero-order valence-electron chi connectivity index (χ0n) is 17.4. The van der Waals surface area contributed by atoms with Crippen molar-refractivity contribution in [1.29, 1.82) is 0 Å². The summed E-state index contributed by atoms with van der Waals surface area (Å²) < 4.78 is 44.2. The minimum atomic E-state index is -4.60. The van der Waals surface area contributed by atoms with Crippen LogP contribution in [0.3, 0.4) is 0 Å². The number of carbonyl (C=O) groups is 2. The van der Waals surface area contributed by atoms with Crippen LogP contribution in [0.15, 0.2) is 41.0 Å². The predicted octanol–water partition coefficient (Wildman–Crippen LogP) is 3.39. The van der Waals surface area contributed by atoms with Crippen molar-refractivity contribution in [2.75, 3.05) is 44.6 Å². The summed E-state index contributed by atoms with van der Waals surface area (Å²) in [5.74, 6) is 0.138. The van der Waals surface area contributed by atoms with Gasteiger partial charge in [-0.05, 0) is 37.3 Å². The molecule has 2 amide bonds. The first-order valence-corrected chi connectivity index (χ1v) is 10.4. The van der Waals surface area contributed by atoms with Crippen LogP contribution in [0.2, 0.25) is 5.02 Å². The van der Waals surface area contributed by atoms with Crippen LogP contribution >= 0.6 is 11.6 Å². The molecule has 2 heterocycles. The monoisotopic (exact) mass is 472 g/mol. The van der Waals surface area contributed by atoms with Crippen LogP contribution in [0, 0.1) is 0 Å². The zero-order chi connectivity index (χ0) is 23.3. The number of nitrogens with zero attached hydrogens (tertiary/aromatic N) is 2. The number of halogens is 4. The molecular formula is C21H24ClF3N4O3. The minimum absolute atomic E-state index is 0.0349. The van der Waals surface area contributed by atoms with Gasteiger partial charge in [0.25, 0.3) is 0 Å². The first-order chi connectivity index (χ1) is 15.1. The highest BCUT2D eigenvalue weighted by atomic mass is 35.5. The number of furan rings is 1. The van der Waals surface area contributed by atoms with E-state index in [1.165, 1.54) is 6.07 Å². The summed E-state index contributed by atoms with van der Waals surface area (Å²) in [5, 5.41) is 4.94. The lowest BCUT2D eigenvalue weighted by Gasteiger charge is -2.34. The molecule has 7 nitrogen and oxygen atoms in total. The van der Waals surface area contributed by atoms with Crippen molar-refractivity contribution in [2.24, 2.45) is 0 Å². The predicted molar refractivity (Wildman–Crippen MR) is 113 cm³/mol. The number of anilines is 1. The van der Waals surface area contributed by atoms with Crippen molar-refractivity contribution in [3.8, 4) is 0 Å². The fourth-order valence-corrected chi connectivity index (χ4v) is 3.65. The third kappa shape index (κ3) is 6.72. The first kappa shape index (κ1) is 24.1. The van der Waals surface area contributed by atoms with Gasteiger partial charge in [-0.2, -0.15) is 13.2 Å². The summed E-state index contributed by atoms with van der Waals surface area (Å²) >= 11 is 5.60. The van der Waals surface area contributed by atoms with E-state index in [9.17, 15) is 22.8 Å². The highest BCUT2D eigenvalue weighted by molar-refractivity contribution is 6.31. The molecule has 3 rings (SSSR count). The van der Waals surface area contributed by atoms with Crippen LogP contribution in [0.25, 0.3) is 0 Å². The molecule has 1 fully saturated rings. The van der Waals surface area contributed by atoms with Gasteiger partial charge < -0.3 is 15.1 Å². The van der Waals surface area contributed by atoms with Crippen molar-refractivity contribution in [2.45, 2.75) is 19.1 Å². The summed E-state index contributed by atoms with van der Waals surface area (Å²) in [6, 6.07) is 6.58. The Bertz CT molecular complexity index is 929. The van der Waals surface area contributed by atoms with Gasteiger partial charge in [-0.25, -0.2) is 0 Å². The molecule has 1 aromatic carbocycles. The lowest BCUT2D eigenvalue weighted by atomic mass is 10.2. The lowest BCUT2D eigenvalue weighted by molar-refractivity contribution is -0.137. The van der Waals surface area contributed by atoms with Gasteiger partial charge in [0.05, 0.1) is 36.0 Å². The molecule has 0 saturated carbocycles. The molecule has 1 atom stereocenters. The maximum atomic E-state index is 13.0. The number of alkyl halides is 3. The quantitative estimate of drug-likeness (QED) is 0.646. The average Bonchev–Trinajstić information content (AvgIpc) is 3.25. The third-order valence-electron chi connectivity index (χ3n) is 5.10. The second-order valence-corrected chi connectivity index (χ2v) is 8.00. The van der Waals surface area contributed by atoms with Crippen molar-refractivity contribution in [1.82, 2.24) is 15.1 Å². The number of nitrogens with one attached hydrogen (secondary N) is 2. The van der Waals surface area contributed by atoms with Gasteiger partial charge in [0, 0.05) is 31.9 Å². The number of benzene rings is 1. The van der Waals surface area contributed by atoms with E-state index in [2.05, 4.69) is 10.6 Å². The van der Waals surface area contributed by atoms with Crippen LogP contribution in [0.5, 0.6) is 0 Å². The van der Waals surface area contributed by atoms with Crippen LogP contribution in [-0.2, 0) is 15.8 Å². The lowest BCUT2D eigenvalue weighted by Crippen LogP contribution is -2.51. The Kier molecular flexibility index (Phi) is 7.81. The van der Waals surface area contributed by atoms with Gasteiger partial charge in [-0.3, -0.25) is 19.4 Å². The van der Waals surface area contributed by atoms with Crippen LogP contribution < -0.4 is 10.6 Å². The van der Waals surface area contributed by atoms with Crippen molar-refractivity contribution in [3.05, 3.63) is 52.9 Å². The summed E-state index contributed by atoms with van der Waals surface area (Å²) in [7, 11) is 0. The van der Waals surface area contributed by atoms with E-state index < -0.39 is 22.7 Å². The maximum Gasteiger partial charge on any atom is 0.417 e. The second-order valence-electron chi connectivity index (χ2n) is 7.60. The number of carbonyl (C=O) groups excluding carboxylic acids is 2. The molecule has 0 spiro atoms. The number of hydrogen-bond donors (Lipinski definition) is 2. The molecule has 0 aliphatic carbocycles. The van der Waals surface area contributed by atoms with Gasteiger partial charge in [-0.1, -0.05) is 11.6 Å². The third-order valence-corrected chi connectivity index (χ3v) is 5.43. The van der Waals surface area contributed by atoms with E-state index in [0.29, 0.717) is 31.9 Å². The van der Waals surface area contributed by atoms with Gasteiger partial charge in [0.15, 0.2) is 0 Å². The van der Waals surface area contributed by atoms with E-state index >= 15 is 0 Å². The first-order valence-electron chi connectivity index (χ1n) is 10.1. The van der Waals surface area contributed by atoms with Crippen LogP contribution in [0.1, 0.15) is 24.3 Å². The van der Waals surface area contributed by atoms with E-state index in [-0.39, 0.29) is 30.7 Å². The zero-order valence-corrected chi connectivity index (χ0v) is 18.2. The Morgan fingerprint density at radius 2 is 1.72 bits per heavy atom. The highest BCUT2D eigenvalue weighted by Gasteiger charge is 2.33. The Hall–Kier alpha value is -2.56. The summed E-state index contributed by atoms with van der Waals surface area (Å²) in [6.07, 6.45) is -3.05. The van der Waals surface area contributed by atoms with E-state index in [0.717, 1.165) is 12.1 Å². The molecule has 0 bridgehead atoms. The second kappa shape index (κ2) is 10.4. The summed E-state index contributed by atoms with van der Waals surface area (Å²) in [5.41, 5.74) is -0.960. The molecule has 1 aliphatic rings. The largest absolute Gasteiger partial charge is 0.467 e. The Balaban J connectivity index is 1.42. The Morgan fingerprint density at radius 1 is 1.09 bits per heavy atom. The topological polar surface area (TPSA) is 77.8 Å². The minimum Gasteiger partial charge on any atom is -0.467 e. The van der Waals surface area contributed by atoms with Crippen molar-refractivity contribution < 1.29 is 27.2 Å². The standard InChI is InChI=1S/C21H24ClF3N4O3/c1-14(18-3-2-10-32-18)26-19(30)12-28-6-8-29(9-7-28)13-20(31)27-15-4-5-17(22)16(11-15)21(23,24)25/h2-5,10-11,14H,6-9,12-13H2,1H3,(H,26,30)(H,27,31)/t14-/m1/s1. The molecule has 1 aromatic heterocycles. The number of hydrogen-bond acceptors (Lipinski definition) is 5. The SMILES string of the molecule is C[C@@H](NC(=O)CN1CCN(CC(=O)Nc2ccc(Cl)c(C(F)(F)F)c2)CC1)c1ccco1. The normalized spacial score (nSPS) is 16.5. The fraction of sp³-hybridized carbons (Fsp3) is 0.429. The molecule has 11 heteroatoms. The average molecular weight is 473 g/mol. The van der Waals surface area contributed by atoms with Crippen LogP contribution in [-0.4, -0.2) is 60.9 Å². The highest BCUT2D eigenvalue weighted by Crippen LogP contribution is 2.36. The fourth-order valence-electron chi connectivity index (χ4n) is 3.43. The summed E-state index contributed by atoms with van der Waals surface area (Å²) in [4.78, 5) is 28.4. The number of amides is 2. The molecule has 2 aromatic rings. The maximum absolute atomic E-state index is 13.0. The number of rotatable bonds is 7. The van der Waals surface area contributed by atoms with Crippen LogP contribution in [0.4, 0.5) is 18.9 Å². The van der Waals surface area contributed by atoms with Crippen molar-refractivity contribution in [3.63, 3.8) is 0 Å². The summed E-state index contributed by atoms with van der Waals surface area (Å²) in [6.45, 7) is 4.41. The molecule has 1 aliphatic heterocycles. The molecule has 174 valence electrons. The molecule has 1 saturated heterocycles. The molecule has 2 N–H and O–H groups in total. The number of piperazine rings is 1. The van der Waals surface area contributed by atoms with E-state index in [1.807, 2.05) is 16.7 Å². The van der Waals surface area contributed by atoms with Crippen molar-refractivity contribution >= 4 is 29.1 Å². The smallest absolute Gasteiger partial charge is 0.417 e. The molecule has 0 radical (unpaired) electrons. The Morgan fingerprint density at radius 3 is 2.28 bits per heavy atom. The Labute approximate surface area is 188 Å². The van der Waals surface area contributed by atoms with Gasteiger partial charge >= 0.3 is 6.18 Å².